The molecule has 0 saturated carbocycles. The molecule has 1 aromatic carbocycles. The van der Waals surface area contributed by atoms with Crippen LogP contribution < -0.4 is 0 Å². The van der Waals surface area contributed by atoms with Crippen LogP contribution in [-0.2, 0) is 11.0 Å². The van der Waals surface area contributed by atoms with E-state index >= 15 is 0 Å². The molecule has 0 N–H and O–H groups in total. The van der Waals surface area contributed by atoms with Crippen LogP contribution in [0.1, 0.15) is 26.3 Å². The molecule has 0 unspecified atom stereocenters. The van der Waals surface area contributed by atoms with Crippen LogP contribution in [0.2, 0.25) is 5.15 Å². The number of pyridine rings is 1. The van der Waals surface area contributed by atoms with Crippen molar-refractivity contribution in [2.45, 2.75) is 25.5 Å². The van der Waals surface area contributed by atoms with Crippen molar-refractivity contribution in [2.24, 2.45) is 4.40 Å². The van der Waals surface area contributed by atoms with Crippen molar-refractivity contribution in [3.63, 3.8) is 0 Å². The lowest BCUT2D eigenvalue weighted by Gasteiger charge is -2.12. The number of rotatable bonds is 2. The van der Waals surface area contributed by atoms with E-state index in [4.69, 9.17) is 11.6 Å². The first-order valence-electron chi connectivity index (χ1n) is 5.89. The average Bonchev–Trinajstić information content (AvgIpc) is 2.34. The van der Waals surface area contributed by atoms with Crippen LogP contribution in [0, 0.1) is 0 Å². The van der Waals surface area contributed by atoms with Gasteiger partial charge in [0.1, 0.15) is 16.1 Å². The smallest absolute Gasteiger partial charge is 0.144 e. The number of fused-ring (bicyclic) bond motifs is 1. The second-order valence-corrected chi connectivity index (χ2v) is 7.45. The molecule has 0 amide bonds. The Bertz CT molecular complexity index is 662. The Hall–Kier alpha value is -1.26. The minimum absolute atomic E-state index is 0.369. The van der Waals surface area contributed by atoms with Gasteiger partial charge in [0, 0.05) is 17.2 Å². The third kappa shape index (κ3) is 3.39. The van der Waals surface area contributed by atoms with Gasteiger partial charge in [0.15, 0.2) is 0 Å². The van der Waals surface area contributed by atoms with E-state index in [1.165, 1.54) is 6.21 Å². The number of nitrogens with zero attached hydrogens (tertiary/aromatic N) is 2. The fraction of sp³-hybridized carbons (Fsp3) is 0.286. The summed E-state index contributed by atoms with van der Waals surface area (Å²) in [6.45, 7) is 5.63. The molecule has 0 fully saturated rings. The van der Waals surface area contributed by atoms with E-state index < -0.39 is 11.0 Å². The molecule has 0 aliphatic rings. The quantitative estimate of drug-likeness (QED) is 0.625. The van der Waals surface area contributed by atoms with Crippen molar-refractivity contribution >= 4 is 39.7 Å². The van der Waals surface area contributed by atoms with Gasteiger partial charge in [-0.1, -0.05) is 29.8 Å². The lowest BCUT2D eigenvalue weighted by Crippen LogP contribution is -2.19. The van der Waals surface area contributed by atoms with Gasteiger partial charge in [0.25, 0.3) is 0 Å². The molecule has 3 nitrogen and oxygen atoms in total. The molecule has 0 saturated heterocycles. The van der Waals surface area contributed by atoms with Crippen molar-refractivity contribution in [3.8, 4) is 0 Å². The van der Waals surface area contributed by atoms with Crippen molar-refractivity contribution in [1.82, 2.24) is 4.98 Å². The first-order chi connectivity index (χ1) is 8.88. The van der Waals surface area contributed by atoms with Gasteiger partial charge in [-0.3, -0.25) is 0 Å². The molecule has 19 heavy (non-hydrogen) atoms. The molecule has 1 heterocycles. The van der Waals surface area contributed by atoms with Gasteiger partial charge in [-0.15, -0.1) is 0 Å². The summed E-state index contributed by atoms with van der Waals surface area (Å²) in [6.07, 6.45) is 1.53. The Morgan fingerprint density at radius 2 is 2.00 bits per heavy atom. The zero-order valence-corrected chi connectivity index (χ0v) is 12.6. The van der Waals surface area contributed by atoms with Crippen molar-refractivity contribution < 1.29 is 4.21 Å². The SMILES string of the molecule is CC(C)(C)[S@](=O)/N=C/c1cc2ccccc2nc1Cl. The Labute approximate surface area is 120 Å². The number of para-hydroxylation sites is 1. The van der Waals surface area contributed by atoms with E-state index in [1.807, 2.05) is 51.1 Å². The first kappa shape index (κ1) is 14.2. The summed E-state index contributed by atoms with van der Waals surface area (Å²) in [5, 5.41) is 1.35. The number of hydrogen-bond donors (Lipinski definition) is 0. The summed E-state index contributed by atoms with van der Waals surface area (Å²) in [5.74, 6) is 0. The number of benzene rings is 1. The predicted molar refractivity (Wildman–Crippen MR) is 82.2 cm³/mol. The molecule has 1 aromatic heterocycles. The zero-order chi connectivity index (χ0) is 14.0. The molecule has 2 aromatic rings. The molecular formula is C14H15ClN2OS. The van der Waals surface area contributed by atoms with Gasteiger partial charge < -0.3 is 0 Å². The van der Waals surface area contributed by atoms with Gasteiger partial charge in [-0.25, -0.2) is 9.19 Å². The van der Waals surface area contributed by atoms with Crippen LogP contribution in [0.15, 0.2) is 34.7 Å². The second-order valence-electron chi connectivity index (χ2n) is 5.16. The van der Waals surface area contributed by atoms with E-state index in [2.05, 4.69) is 9.38 Å². The van der Waals surface area contributed by atoms with E-state index in [9.17, 15) is 4.21 Å². The van der Waals surface area contributed by atoms with Crippen LogP contribution in [0.5, 0.6) is 0 Å². The molecule has 0 aliphatic carbocycles. The van der Waals surface area contributed by atoms with E-state index in [0.717, 1.165) is 10.9 Å². The fourth-order valence-corrected chi connectivity index (χ4v) is 2.18. The topological polar surface area (TPSA) is 42.3 Å². The second kappa shape index (κ2) is 5.39. The van der Waals surface area contributed by atoms with Crippen LogP contribution in [0.4, 0.5) is 0 Å². The molecule has 1 atom stereocenters. The Kier molecular flexibility index (Phi) is 4.02. The third-order valence-corrected chi connectivity index (χ3v) is 4.16. The van der Waals surface area contributed by atoms with E-state index in [-0.39, 0.29) is 4.75 Å². The van der Waals surface area contributed by atoms with Crippen LogP contribution >= 0.6 is 11.6 Å². The fourth-order valence-electron chi connectivity index (χ4n) is 1.46. The average molecular weight is 295 g/mol. The molecular weight excluding hydrogens is 280 g/mol. The number of halogens is 1. The number of hydrogen-bond acceptors (Lipinski definition) is 2. The Balaban J connectivity index is 2.38. The summed E-state index contributed by atoms with van der Waals surface area (Å²) in [4.78, 5) is 4.29. The largest absolute Gasteiger partial charge is 0.235 e. The Morgan fingerprint density at radius 3 is 2.68 bits per heavy atom. The minimum Gasteiger partial charge on any atom is -0.235 e. The zero-order valence-electron chi connectivity index (χ0n) is 11.1. The van der Waals surface area contributed by atoms with Gasteiger partial charge in [-0.2, -0.15) is 4.40 Å². The molecule has 0 aliphatic heterocycles. The summed E-state index contributed by atoms with van der Waals surface area (Å²) in [7, 11) is -1.30. The number of aromatic nitrogens is 1. The maximum absolute atomic E-state index is 11.9. The van der Waals surface area contributed by atoms with Gasteiger partial charge >= 0.3 is 0 Å². The summed E-state index contributed by atoms with van der Waals surface area (Å²) < 4.78 is 15.5. The molecule has 2 rings (SSSR count). The van der Waals surface area contributed by atoms with Gasteiger partial charge in [-0.05, 0) is 32.9 Å². The highest BCUT2D eigenvalue weighted by Crippen LogP contribution is 2.20. The highest BCUT2D eigenvalue weighted by atomic mass is 35.5. The maximum atomic E-state index is 11.9. The molecule has 0 bridgehead atoms. The lowest BCUT2D eigenvalue weighted by molar-refractivity contribution is 0.651. The highest BCUT2D eigenvalue weighted by Gasteiger charge is 2.18. The molecule has 0 spiro atoms. The Morgan fingerprint density at radius 1 is 1.32 bits per heavy atom. The molecule has 5 heteroatoms. The monoisotopic (exact) mass is 294 g/mol. The van der Waals surface area contributed by atoms with Crippen molar-refractivity contribution in [1.29, 1.82) is 0 Å². The predicted octanol–water partition coefficient (Wildman–Crippen LogP) is 3.77. The highest BCUT2D eigenvalue weighted by molar-refractivity contribution is 7.85. The van der Waals surface area contributed by atoms with Crippen LogP contribution in [0.25, 0.3) is 10.9 Å². The summed E-state index contributed by atoms with van der Waals surface area (Å²) >= 11 is 6.10. The van der Waals surface area contributed by atoms with E-state index in [0.29, 0.717) is 10.7 Å². The minimum atomic E-state index is -1.30. The maximum Gasteiger partial charge on any atom is 0.144 e. The van der Waals surface area contributed by atoms with Gasteiger partial charge in [0.2, 0.25) is 0 Å². The third-order valence-electron chi connectivity index (χ3n) is 2.52. The van der Waals surface area contributed by atoms with E-state index in [1.54, 1.807) is 0 Å². The van der Waals surface area contributed by atoms with Crippen LogP contribution in [-0.4, -0.2) is 20.2 Å². The normalized spacial score (nSPS) is 14.1. The molecule has 100 valence electrons. The standard InChI is InChI=1S/C14H15ClN2OS/c1-14(2,3)19(18)16-9-11-8-10-6-4-5-7-12(10)17-13(11)15/h4-9H,1-3H3/b16-9+/t19-/m0/s1. The molecule has 0 radical (unpaired) electrons. The van der Waals surface area contributed by atoms with Crippen molar-refractivity contribution in [3.05, 3.63) is 41.0 Å². The lowest BCUT2D eigenvalue weighted by atomic mass is 10.2. The van der Waals surface area contributed by atoms with Crippen LogP contribution in [0.3, 0.4) is 0 Å². The first-order valence-corrected chi connectivity index (χ1v) is 7.38. The van der Waals surface area contributed by atoms with Gasteiger partial charge in [0.05, 0.1) is 10.3 Å². The van der Waals surface area contributed by atoms with Crippen molar-refractivity contribution in [2.75, 3.05) is 0 Å². The summed E-state index contributed by atoms with van der Waals surface area (Å²) in [5.41, 5.74) is 1.51. The summed E-state index contributed by atoms with van der Waals surface area (Å²) in [6, 6.07) is 9.60.